The molecule has 1 aromatic heterocycles. The number of nitrogens with zero attached hydrogens (tertiary/aromatic N) is 3. The Bertz CT molecular complexity index is 965. The van der Waals surface area contributed by atoms with Crippen molar-refractivity contribution in [1.82, 2.24) is 9.97 Å². The normalized spacial score (nSPS) is 18.3. The average Bonchev–Trinajstić information content (AvgIpc) is 2.95. The third-order valence-corrected chi connectivity index (χ3v) is 6.15. The van der Waals surface area contributed by atoms with Crippen molar-refractivity contribution in [2.24, 2.45) is 0 Å². The van der Waals surface area contributed by atoms with Crippen LogP contribution in [-0.2, 0) is 9.84 Å². The lowest BCUT2D eigenvalue weighted by molar-refractivity contribution is 0.102. The molecule has 0 saturated carbocycles. The van der Waals surface area contributed by atoms with Crippen molar-refractivity contribution in [3.05, 3.63) is 47.5 Å². The standard InChI is InChI=1S/C18H21FN4O3S/c1-3-23(15-7-8-27(25,26)11-15)18-20-12(2)9-16(22-18)17(24)21-14-6-4-5-13(19)10-14/h4-6,9-10,15H,3,7-8,11H2,1-2H3,(H,21,24). The second-order valence-electron chi connectivity index (χ2n) is 6.50. The minimum absolute atomic E-state index is 0.0585. The lowest BCUT2D eigenvalue weighted by atomic mass is 10.2. The molecule has 7 nitrogen and oxygen atoms in total. The van der Waals surface area contributed by atoms with E-state index in [4.69, 9.17) is 0 Å². The molecule has 1 fully saturated rings. The van der Waals surface area contributed by atoms with Gasteiger partial charge in [-0.3, -0.25) is 4.79 Å². The molecule has 2 aromatic rings. The van der Waals surface area contributed by atoms with Gasteiger partial charge in [0.15, 0.2) is 9.84 Å². The predicted molar refractivity (Wildman–Crippen MR) is 101 cm³/mol. The number of rotatable bonds is 5. The van der Waals surface area contributed by atoms with Gasteiger partial charge in [-0.2, -0.15) is 0 Å². The van der Waals surface area contributed by atoms with E-state index in [1.807, 2.05) is 11.8 Å². The van der Waals surface area contributed by atoms with Crippen LogP contribution < -0.4 is 10.2 Å². The first-order chi connectivity index (χ1) is 12.8. The molecular weight excluding hydrogens is 371 g/mol. The number of benzene rings is 1. The zero-order chi connectivity index (χ0) is 19.6. The highest BCUT2D eigenvalue weighted by molar-refractivity contribution is 7.91. The number of halogens is 1. The van der Waals surface area contributed by atoms with Crippen LogP contribution in [0.5, 0.6) is 0 Å². The Balaban J connectivity index is 1.86. The summed E-state index contributed by atoms with van der Waals surface area (Å²) in [5.74, 6) is -0.408. The lowest BCUT2D eigenvalue weighted by Gasteiger charge is -2.27. The van der Waals surface area contributed by atoms with Crippen LogP contribution in [-0.4, -0.2) is 48.4 Å². The van der Waals surface area contributed by atoms with Crippen LogP contribution >= 0.6 is 0 Å². The number of carbonyl (C=O) groups is 1. The van der Waals surface area contributed by atoms with Crippen molar-refractivity contribution in [1.29, 1.82) is 0 Å². The molecule has 0 spiro atoms. The first kappa shape index (κ1) is 19.2. The van der Waals surface area contributed by atoms with E-state index in [0.29, 0.717) is 30.3 Å². The highest BCUT2D eigenvalue weighted by Crippen LogP contribution is 2.22. The molecule has 1 aromatic carbocycles. The summed E-state index contributed by atoms with van der Waals surface area (Å²) in [4.78, 5) is 23.1. The number of anilines is 2. The van der Waals surface area contributed by atoms with Gasteiger partial charge in [0.05, 0.1) is 11.5 Å². The molecule has 9 heteroatoms. The zero-order valence-electron chi connectivity index (χ0n) is 15.1. The van der Waals surface area contributed by atoms with Crippen molar-refractivity contribution < 1.29 is 17.6 Å². The fourth-order valence-electron chi connectivity index (χ4n) is 3.14. The van der Waals surface area contributed by atoms with Gasteiger partial charge in [-0.25, -0.2) is 22.8 Å². The molecule has 1 N–H and O–H groups in total. The van der Waals surface area contributed by atoms with Crippen LogP contribution in [0.3, 0.4) is 0 Å². The number of aromatic nitrogens is 2. The quantitative estimate of drug-likeness (QED) is 0.839. The highest BCUT2D eigenvalue weighted by Gasteiger charge is 2.33. The molecule has 0 bridgehead atoms. The third kappa shape index (κ3) is 4.60. The van der Waals surface area contributed by atoms with Gasteiger partial charge in [0.25, 0.3) is 5.91 Å². The Morgan fingerprint density at radius 1 is 1.33 bits per heavy atom. The lowest BCUT2D eigenvalue weighted by Crippen LogP contribution is -2.37. The molecule has 1 amide bonds. The number of hydrogen-bond acceptors (Lipinski definition) is 6. The van der Waals surface area contributed by atoms with E-state index in [1.165, 1.54) is 24.3 Å². The molecule has 3 rings (SSSR count). The summed E-state index contributed by atoms with van der Waals surface area (Å²) < 4.78 is 36.9. The van der Waals surface area contributed by atoms with Gasteiger partial charge in [0.1, 0.15) is 11.5 Å². The maximum absolute atomic E-state index is 13.3. The van der Waals surface area contributed by atoms with Crippen molar-refractivity contribution in [2.75, 3.05) is 28.3 Å². The second kappa shape index (κ2) is 7.59. The molecule has 0 aliphatic carbocycles. The van der Waals surface area contributed by atoms with Crippen LogP contribution in [0.4, 0.5) is 16.0 Å². The molecule has 144 valence electrons. The summed E-state index contributed by atoms with van der Waals surface area (Å²) in [6.07, 6.45) is 0.512. The van der Waals surface area contributed by atoms with Crippen molar-refractivity contribution in [2.45, 2.75) is 26.3 Å². The van der Waals surface area contributed by atoms with E-state index in [9.17, 15) is 17.6 Å². The molecule has 0 radical (unpaired) electrons. The first-order valence-electron chi connectivity index (χ1n) is 8.67. The Labute approximate surface area is 157 Å². The molecule has 1 unspecified atom stereocenters. The number of hydrogen-bond donors (Lipinski definition) is 1. The molecule has 1 aliphatic heterocycles. The van der Waals surface area contributed by atoms with Crippen molar-refractivity contribution in [3.63, 3.8) is 0 Å². The van der Waals surface area contributed by atoms with Gasteiger partial charge < -0.3 is 10.2 Å². The summed E-state index contributed by atoms with van der Waals surface area (Å²) >= 11 is 0. The molecule has 1 atom stereocenters. The Morgan fingerprint density at radius 2 is 2.11 bits per heavy atom. The fraction of sp³-hybridized carbons (Fsp3) is 0.389. The van der Waals surface area contributed by atoms with Crippen LogP contribution in [0.15, 0.2) is 30.3 Å². The topological polar surface area (TPSA) is 92.3 Å². The SMILES string of the molecule is CCN(c1nc(C)cc(C(=O)Nc2cccc(F)c2)n1)C1CCS(=O)(=O)C1. The van der Waals surface area contributed by atoms with E-state index in [2.05, 4.69) is 15.3 Å². The third-order valence-electron chi connectivity index (χ3n) is 4.40. The predicted octanol–water partition coefficient (Wildman–Crippen LogP) is 2.19. The smallest absolute Gasteiger partial charge is 0.274 e. The molecule has 2 heterocycles. The summed E-state index contributed by atoms with van der Waals surface area (Å²) in [5, 5.41) is 2.61. The van der Waals surface area contributed by atoms with Gasteiger partial charge in [0.2, 0.25) is 5.95 Å². The van der Waals surface area contributed by atoms with Crippen LogP contribution in [0.2, 0.25) is 0 Å². The van der Waals surface area contributed by atoms with Crippen LogP contribution in [0, 0.1) is 12.7 Å². The maximum Gasteiger partial charge on any atom is 0.274 e. The van der Waals surface area contributed by atoms with Gasteiger partial charge >= 0.3 is 0 Å². The van der Waals surface area contributed by atoms with Crippen LogP contribution in [0.1, 0.15) is 29.5 Å². The monoisotopic (exact) mass is 392 g/mol. The van der Waals surface area contributed by atoms with E-state index in [-0.39, 0.29) is 23.2 Å². The Hall–Kier alpha value is -2.55. The zero-order valence-corrected chi connectivity index (χ0v) is 16.0. The number of sulfone groups is 1. The highest BCUT2D eigenvalue weighted by atomic mass is 32.2. The summed E-state index contributed by atoms with van der Waals surface area (Å²) in [5.41, 5.74) is 1.05. The van der Waals surface area contributed by atoms with Gasteiger partial charge in [0, 0.05) is 24.0 Å². The average molecular weight is 392 g/mol. The van der Waals surface area contributed by atoms with E-state index >= 15 is 0 Å². The largest absolute Gasteiger partial charge is 0.337 e. The maximum atomic E-state index is 13.3. The van der Waals surface area contributed by atoms with Crippen LogP contribution in [0.25, 0.3) is 0 Å². The fourth-order valence-corrected chi connectivity index (χ4v) is 4.87. The van der Waals surface area contributed by atoms with Crippen molar-refractivity contribution >= 4 is 27.4 Å². The number of carbonyl (C=O) groups excluding carboxylic acids is 1. The Kier molecular flexibility index (Phi) is 5.41. The minimum atomic E-state index is -3.05. The molecular formula is C18H21FN4O3S. The van der Waals surface area contributed by atoms with Gasteiger partial charge in [-0.15, -0.1) is 0 Å². The van der Waals surface area contributed by atoms with Gasteiger partial charge in [-0.05, 0) is 44.5 Å². The summed E-state index contributed by atoms with van der Waals surface area (Å²) in [6.45, 7) is 4.15. The van der Waals surface area contributed by atoms with Gasteiger partial charge in [-0.1, -0.05) is 6.07 Å². The van der Waals surface area contributed by atoms with Crippen molar-refractivity contribution in [3.8, 4) is 0 Å². The Morgan fingerprint density at radius 3 is 2.74 bits per heavy atom. The summed E-state index contributed by atoms with van der Waals surface area (Å²) in [7, 11) is -3.05. The molecule has 1 saturated heterocycles. The van der Waals surface area contributed by atoms with E-state index in [0.717, 1.165) is 0 Å². The summed E-state index contributed by atoms with van der Waals surface area (Å²) in [6, 6.07) is 6.92. The molecule has 27 heavy (non-hydrogen) atoms. The number of amides is 1. The second-order valence-corrected chi connectivity index (χ2v) is 8.73. The van der Waals surface area contributed by atoms with E-state index in [1.54, 1.807) is 13.0 Å². The minimum Gasteiger partial charge on any atom is -0.337 e. The molecule has 1 aliphatic rings. The first-order valence-corrected chi connectivity index (χ1v) is 10.5. The number of nitrogens with one attached hydrogen (secondary N) is 1. The van der Waals surface area contributed by atoms with E-state index < -0.39 is 21.6 Å². The number of aryl methyl sites for hydroxylation is 1.